The van der Waals surface area contributed by atoms with Crippen LogP contribution in [0.15, 0.2) is 10.3 Å². The lowest BCUT2D eigenvalue weighted by atomic mass is 10.3. The molecule has 88 valence electrons. The van der Waals surface area contributed by atoms with Gasteiger partial charge in [0.05, 0.1) is 11.8 Å². The van der Waals surface area contributed by atoms with Gasteiger partial charge in [-0.1, -0.05) is 29.8 Å². The van der Waals surface area contributed by atoms with Gasteiger partial charge in [0.1, 0.15) is 5.84 Å². The van der Waals surface area contributed by atoms with E-state index in [-0.39, 0.29) is 5.84 Å². The van der Waals surface area contributed by atoms with Crippen molar-refractivity contribution in [2.75, 3.05) is 5.75 Å². The maximum absolute atomic E-state index is 8.44. The summed E-state index contributed by atoms with van der Waals surface area (Å²) in [5, 5.41) is 23.7. The van der Waals surface area contributed by atoms with Gasteiger partial charge in [0, 0.05) is 0 Å². The van der Waals surface area contributed by atoms with E-state index in [1.54, 1.807) is 0 Å². The average molecular weight is 242 g/mol. The van der Waals surface area contributed by atoms with Crippen molar-refractivity contribution in [3.63, 3.8) is 0 Å². The van der Waals surface area contributed by atoms with Crippen molar-refractivity contribution in [2.24, 2.45) is 10.9 Å². The number of aromatic nitrogens is 4. The number of oxime groups is 1. The van der Waals surface area contributed by atoms with Gasteiger partial charge in [-0.25, -0.2) is 4.68 Å². The van der Waals surface area contributed by atoms with Crippen LogP contribution >= 0.6 is 11.8 Å². The lowest BCUT2D eigenvalue weighted by molar-refractivity contribution is 0.318. The Kier molecular flexibility index (Phi) is 3.60. The highest BCUT2D eigenvalue weighted by Crippen LogP contribution is 2.31. The highest BCUT2D eigenvalue weighted by molar-refractivity contribution is 7.99. The zero-order chi connectivity index (χ0) is 11.4. The van der Waals surface area contributed by atoms with Crippen molar-refractivity contribution < 1.29 is 5.21 Å². The first kappa shape index (κ1) is 11.2. The van der Waals surface area contributed by atoms with Crippen LogP contribution in [0.2, 0.25) is 0 Å². The molecule has 0 amide bonds. The summed E-state index contributed by atoms with van der Waals surface area (Å²) in [5.41, 5.74) is 5.39. The summed E-state index contributed by atoms with van der Waals surface area (Å²) in [6, 6.07) is 0.407. The topological polar surface area (TPSA) is 102 Å². The Hall–Kier alpha value is -1.31. The van der Waals surface area contributed by atoms with Gasteiger partial charge in [-0.2, -0.15) is 0 Å². The molecular weight excluding hydrogens is 228 g/mol. The van der Waals surface area contributed by atoms with Crippen molar-refractivity contribution in [1.82, 2.24) is 20.2 Å². The van der Waals surface area contributed by atoms with E-state index < -0.39 is 0 Å². The van der Waals surface area contributed by atoms with Crippen molar-refractivity contribution in [1.29, 1.82) is 0 Å². The molecule has 0 aromatic carbocycles. The standard InChI is InChI=1S/C8H14N6OS/c9-7(11-15)5-16-8-10-12-13-14(8)6-3-1-2-4-6/h6,15H,1-5H2,(H2,9,11). The Balaban J connectivity index is 2.01. The number of nitrogens with zero attached hydrogens (tertiary/aromatic N) is 5. The molecule has 1 saturated carbocycles. The molecule has 1 aromatic rings. The molecule has 7 nitrogen and oxygen atoms in total. The molecule has 1 aromatic heterocycles. The summed E-state index contributed by atoms with van der Waals surface area (Å²) >= 11 is 1.38. The second-order valence-corrected chi connectivity index (χ2v) is 4.67. The predicted molar refractivity (Wildman–Crippen MR) is 59.5 cm³/mol. The zero-order valence-corrected chi connectivity index (χ0v) is 9.60. The van der Waals surface area contributed by atoms with Gasteiger partial charge in [0.15, 0.2) is 0 Å². The van der Waals surface area contributed by atoms with Crippen LogP contribution in [-0.2, 0) is 0 Å². The molecule has 2 rings (SSSR count). The molecule has 1 aliphatic carbocycles. The first-order valence-electron chi connectivity index (χ1n) is 5.18. The van der Waals surface area contributed by atoms with Crippen molar-refractivity contribution >= 4 is 17.6 Å². The summed E-state index contributed by atoms with van der Waals surface area (Å²) in [7, 11) is 0. The summed E-state index contributed by atoms with van der Waals surface area (Å²) in [4.78, 5) is 0. The monoisotopic (exact) mass is 242 g/mol. The first-order chi connectivity index (χ1) is 7.81. The van der Waals surface area contributed by atoms with E-state index in [0.717, 1.165) is 18.0 Å². The highest BCUT2D eigenvalue weighted by atomic mass is 32.2. The number of nitrogens with two attached hydrogens (primary N) is 1. The fraction of sp³-hybridized carbons (Fsp3) is 0.750. The molecular formula is C8H14N6OS. The van der Waals surface area contributed by atoms with Gasteiger partial charge in [0.2, 0.25) is 5.16 Å². The molecule has 1 fully saturated rings. The van der Waals surface area contributed by atoms with Crippen LogP contribution < -0.4 is 5.73 Å². The van der Waals surface area contributed by atoms with Gasteiger partial charge >= 0.3 is 0 Å². The third kappa shape index (κ3) is 2.43. The van der Waals surface area contributed by atoms with Crippen LogP contribution in [-0.4, -0.2) is 37.0 Å². The van der Waals surface area contributed by atoms with Gasteiger partial charge in [0.25, 0.3) is 0 Å². The Labute approximate surface area is 97.1 Å². The number of rotatable bonds is 4. The first-order valence-corrected chi connectivity index (χ1v) is 6.17. The molecule has 0 spiro atoms. The largest absolute Gasteiger partial charge is 0.409 e. The summed E-state index contributed by atoms with van der Waals surface area (Å²) in [6.45, 7) is 0. The second kappa shape index (κ2) is 5.15. The molecule has 0 unspecified atom stereocenters. The van der Waals surface area contributed by atoms with E-state index in [1.165, 1.54) is 24.6 Å². The summed E-state index contributed by atoms with van der Waals surface area (Å²) in [6.07, 6.45) is 4.72. The maximum Gasteiger partial charge on any atom is 0.210 e. The Morgan fingerprint density at radius 2 is 2.31 bits per heavy atom. The number of hydrogen-bond acceptors (Lipinski definition) is 6. The third-order valence-corrected chi connectivity index (χ3v) is 3.58. The molecule has 0 saturated heterocycles. The van der Waals surface area contributed by atoms with Gasteiger partial charge in [-0.05, 0) is 23.3 Å². The minimum Gasteiger partial charge on any atom is -0.409 e. The lowest BCUT2D eigenvalue weighted by Gasteiger charge is -2.10. The Bertz CT molecular complexity index is 372. The van der Waals surface area contributed by atoms with Crippen molar-refractivity contribution in [3.8, 4) is 0 Å². The van der Waals surface area contributed by atoms with Crippen LogP contribution in [0.3, 0.4) is 0 Å². The molecule has 16 heavy (non-hydrogen) atoms. The molecule has 0 aliphatic heterocycles. The predicted octanol–water partition coefficient (Wildman–Crippen LogP) is 0.627. The van der Waals surface area contributed by atoms with E-state index in [2.05, 4.69) is 20.7 Å². The molecule has 0 radical (unpaired) electrons. The lowest BCUT2D eigenvalue weighted by Crippen LogP contribution is -2.15. The normalized spacial score (nSPS) is 18.1. The van der Waals surface area contributed by atoms with E-state index in [1.807, 2.05) is 4.68 Å². The van der Waals surface area contributed by atoms with E-state index in [9.17, 15) is 0 Å². The average Bonchev–Trinajstić information content (AvgIpc) is 2.95. The molecule has 1 aliphatic rings. The number of thioether (sulfide) groups is 1. The van der Waals surface area contributed by atoms with Crippen LogP contribution in [0.5, 0.6) is 0 Å². The van der Waals surface area contributed by atoms with Crippen molar-refractivity contribution in [2.45, 2.75) is 36.9 Å². The van der Waals surface area contributed by atoms with E-state index >= 15 is 0 Å². The number of tetrazole rings is 1. The van der Waals surface area contributed by atoms with Crippen LogP contribution in [0.4, 0.5) is 0 Å². The summed E-state index contributed by atoms with van der Waals surface area (Å²) in [5.74, 6) is 0.565. The van der Waals surface area contributed by atoms with Gasteiger partial charge < -0.3 is 10.9 Å². The minimum absolute atomic E-state index is 0.172. The fourth-order valence-electron chi connectivity index (χ4n) is 1.83. The number of hydrogen-bond donors (Lipinski definition) is 2. The number of amidine groups is 1. The quantitative estimate of drug-likeness (QED) is 0.264. The van der Waals surface area contributed by atoms with E-state index in [0.29, 0.717) is 11.8 Å². The van der Waals surface area contributed by atoms with Gasteiger partial charge in [-0.3, -0.25) is 0 Å². The third-order valence-electron chi connectivity index (χ3n) is 2.61. The molecule has 8 heteroatoms. The Morgan fingerprint density at radius 3 is 3.00 bits per heavy atom. The smallest absolute Gasteiger partial charge is 0.210 e. The van der Waals surface area contributed by atoms with E-state index in [4.69, 9.17) is 10.9 Å². The minimum atomic E-state index is 0.172. The molecule has 0 atom stereocenters. The maximum atomic E-state index is 8.44. The fourth-order valence-corrected chi connectivity index (χ4v) is 2.57. The SMILES string of the molecule is N/C(CSc1nnnn1C1CCCC1)=N\O. The second-order valence-electron chi connectivity index (χ2n) is 3.72. The van der Waals surface area contributed by atoms with Crippen LogP contribution in [0.1, 0.15) is 31.7 Å². The highest BCUT2D eigenvalue weighted by Gasteiger charge is 2.21. The van der Waals surface area contributed by atoms with Crippen LogP contribution in [0.25, 0.3) is 0 Å². The molecule has 1 heterocycles. The Morgan fingerprint density at radius 1 is 1.56 bits per heavy atom. The van der Waals surface area contributed by atoms with Crippen molar-refractivity contribution in [3.05, 3.63) is 0 Å². The summed E-state index contributed by atoms with van der Waals surface area (Å²) < 4.78 is 1.85. The zero-order valence-electron chi connectivity index (χ0n) is 8.78. The molecule has 0 bridgehead atoms. The van der Waals surface area contributed by atoms with Gasteiger partial charge in [-0.15, -0.1) is 5.10 Å². The molecule has 3 N–H and O–H groups in total. The van der Waals surface area contributed by atoms with Crippen LogP contribution in [0, 0.1) is 0 Å².